The van der Waals surface area contributed by atoms with Gasteiger partial charge in [-0.2, -0.15) is 0 Å². The molecule has 2 heteroatoms. The summed E-state index contributed by atoms with van der Waals surface area (Å²) in [4.78, 5) is 10.3. The molecule has 0 aliphatic heterocycles. The lowest BCUT2D eigenvalue weighted by atomic mass is 10.2. The maximum Gasteiger partial charge on any atom is 0.303 e. The average Bonchev–Trinajstić information content (AvgIpc) is 2.50. The fourth-order valence-corrected chi connectivity index (χ4v) is 1.93. The Bertz CT molecular complexity index is 362. The molecule has 0 rings (SSSR count). The van der Waals surface area contributed by atoms with Crippen molar-refractivity contribution in [2.24, 2.45) is 0 Å². The third-order valence-corrected chi connectivity index (χ3v) is 3.22. The number of carboxylic acids is 1. The zero-order chi connectivity index (χ0) is 16.3. The van der Waals surface area contributed by atoms with Gasteiger partial charge in [-0.15, -0.1) is 0 Å². The van der Waals surface area contributed by atoms with E-state index < -0.39 is 5.97 Å². The highest BCUT2D eigenvalue weighted by molar-refractivity contribution is 5.66. The van der Waals surface area contributed by atoms with Gasteiger partial charge in [-0.25, -0.2) is 0 Å². The van der Waals surface area contributed by atoms with Crippen molar-refractivity contribution in [3.63, 3.8) is 0 Å². The number of carboxylic acid groups (broad SMARTS) is 1. The summed E-state index contributed by atoms with van der Waals surface area (Å²) < 4.78 is 0. The fourth-order valence-electron chi connectivity index (χ4n) is 1.93. The second-order valence-electron chi connectivity index (χ2n) is 5.37. The highest BCUT2D eigenvalue weighted by Gasteiger charge is 1.92. The fraction of sp³-hybridized carbons (Fsp3) is 0.550. The van der Waals surface area contributed by atoms with Crippen molar-refractivity contribution in [1.82, 2.24) is 0 Å². The van der Waals surface area contributed by atoms with Gasteiger partial charge in [0.15, 0.2) is 0 Å². The van der Waals surface area contributed by atoms with Gasteiger partial charge in [0, 0.05) is 6.42 Å². The summed E-state index contributed by atoms with van der Waals surface area (Å²) in [7, 11) is 0. The molecular weight excluding hydrogens is 274 g/mol. The molecule has 0 aromatic rings. The number of hydrogen-bond donors (Lipinski definition) is 1. The molecular formula is C20H32O2. The van der Waals surface area contributed by atoms with Gasteiger partial charge in [-0.3, -0.25) is 4.79 Å². The lowest BCUT2D eigenvalue weighted by molar-refractivity contribution is -0.137. The zero-order valence-corrected chi connectivity index (χ0v) is 14.0. The van der Waals surface area contributed by atoms with E-state index in [2.05, 4.69) is 55.5 Å². The van der Waals surface area contributed by atoms with Crippen LogP contribution in [0.2, 0.25) is 0 Å². The predicted molar refractivity (Wildman–Crippen MR) is 96.0 cm³/mol. The lowest BCUT2D eigenvalue weighted by Crippen LogP contribution is -1.92. The molecule has 124 valence electrons. The minimum absolute atomic E-state index is 0.262. The Morgan fingerprint density at radius 3 is 1.64 bits per heavy atom. The van der Waals surface area contributed by atoms with Crippen LogP contribution < -0.4 is 0 Å². The van der Waals surface area contributed by atoms with E-state index in [0.29, 0.717) is 0 Å². The normalized spacial score (nSPS) is 12.4. The van der Waals surface area contributed by atoms with E-state index in [4.69, 9.17) is 5.11 Å². The number of rotatable bonds is 14. The van der Waals surface area contributed by atoms with Gasteiger partial charge in [0.2, 0.25) is 0 Å². The molecule has 22 heavy (non-hydrogen) atoms. The highest BCUT2D eigenvalue weighted by atomic mass is 16.6. The number of hydrogen-bond acceptors (Lipinski definition) is 1. The van der Waals surface area contributed by atoms with Crippen molar-refractivity contribution >= 4 is 5.97 Å². The van der Waals surface area contributed by atoms with Crippen LogP contribution in [0.25, 0.3) is 0 Å². The van der Waals surface area contributed by atoms with Gasteiger partial charge in [0.1, 0.15) is 0 Å². The first kappa shape index (κ1) is 20.4. The maximum atomic E-state index is 10.3. The monoisotopic (exact) mass is 306 g/mol. The van der Waals surface area contributed by atoms with Gasteiger partial charge < -0.3 is 5.11 Å². The first-order valence-corrected chi connectivity index (χ1v) is 8.59. The van der Waals surface area contributed by atoms with Gasteiger partial charge in [-0.1, -0.05) is 68.4 Å². The van der Waals surface area contributed by atoms with Crippen LogP contribution in [-0.4, -0.2) is 11.1 Å². The molecule has 0 aliphatic rings. The molecule has 2 nitrogen and oxygen atoms in total. The van der Waals surface area contributed by atoms with Gasteiger partial charge in [-0.05, 0) is 44.9 Å². The third-order valence-electron chi connectivity index (χ3n) is 3.22. The summed E-state index contributed by atoms with van der Waals surface area (Å²) in [6, 6.07) is 0. The highest BCUT2D eigenvalue weighted by Crippen LogP contribution is 2.01. The standard InChI is InChI=1S/C20H32O2/c1-2-3-4-5-6-7-8-9-10-11-12-13-14-15-16-17-18-19-20(21)22/h6-7,9-10,12-13,15-16H,2-5,8,11,14,17-19H2,1H3,(H,21,22)/i20+2. The average molecular weight is 306 g/mol. The minimum Gasteiger partial charge on any atom is -0.481 e. The van der Waals surface area contributed by atoms with E-state index in [0.717, 1.165) is 32.1 Å². The molecule has 0 unspecified atom stereocenters. The van der Waals surface area contributed by atoms with Crippen molar-refractivity contribution in [3.8, 4) is 0 Å². The van der Waals surface area contributed by atoms with Gasteiger partial charge in [0.25, 0.3) is 0 Å². The first-order chi connectivity index (χ1) is 10.8. The molecule has 0 atom stereocenters. The smallest absolute Gasteiger partial charge is 0.303 e. The van der Waals surface area contributed by atoms with E-state index in [-0.39, 0.29) is 6.42 Å². The van der Waals surface area contributed by atoms with Crippen molar-refractivity contribution in [1.29, 1.82) is 0 Å². The van der Waals surface area contributed by atoms with Gasteiger partial charge in [0.05, 0.1) is 0 Å². The van der Waals surface area contributed by atoms with Crippen LogP contribution in [0.15, 0.2) is 48.6 Å². The van der Waals surface area contributed by atoms with Crippen molar-refractivity contribution in [2.75, 3.05) is 0 Å². The van der Waals surface area contributed by atoms with E-state index >= 15 is 0 Å². The molecule has 0 saturated heterocycles. The van der Waals surface area contributed by atoms with E-state index in [1.807, 2.05) is 0 Å². The SMILES string of the molecule is CCCCCC=CCC=CCC=CCC=CCCC[14C](=O)O. The number of allylic oxidation sites excluding steroid dienone is 8. The third kappa shape index (κ3) is 18.4. The Labute approximate surface area is 136 Å². The van der Waals surface area contributed by atoms with E-state index in [9.17, 15) is 4.79 Å². The molecule has 0 aromatic carbocycles. The minimum atomic E-state index is -0.712. The van der Waals surface area contributed by atoms with Crippen LogP contribution in [0.1, 0.15) is 71.1 Å². The Morgan fingerprint density at radius 1 is 0.727 bits per heavy atom. The van der Waals surface area contributed by atoms with Gasteiger partial charge >= 0.3 is 5.97 Å². The summed E-state index contributed by atoms with van der Waals surface area (Å²) in [5.74, 6) is -0.712. The molecule has 0 amide bonds. The van der Waals surface area contributed by atoms with Crippen LogP contribution in [0, 0.1) is 0 Å². The summed E-state index contributed by atoms with van der Waals surface area (Å²) in [6.45, 7) is 2.23. The van der Waals surface area contributed by atoms with E-state index in [1.165, 1.54) is 25.7 Å². The lowest BCUT2D eigenvalue weighted by Gasteiger charge is -1.90. The van der Waals surface area contributed by atoms with Crippen LogP contribution in [0.3, 0.4) is 0 Å². The van der Waals surface area contributed by atoms with Crippen LogP contribution in [-0.2, 0) is 4.79 Å². The second kappa shape index (κ2) is 17.5. The Kier molecular flexibility index (Phi) is 16.2. The molecule has 1 N–H and O–H groups in total. The molecule has 0 bridgehead atoms. The topological polar surface area (TPSA) is 37.3 Å². The van der Waals surface area contributed by atoms with Crippen molar-refractivity contribution < 1.29 is 9.90 Å². The summed E-state index contributed by atoms with van der Waals surface area (Å²) >= 11 is 0. The molecule has 0 radical (unpaired) electrons. The Morgan fingerprint density at radius 2 is 1.18 bits per heavy atom. The van der Waals surface area contributed by atoms with Crippen LogP contribution in [0.5, 0.6) is 0 Å². The Balaban J connectivity index is 3.40. The molecule has 0 aromatic heterocycles. The summed E-state index contributed by atoms with van der Waals surface area (Å²) in [5.41, 5.74) is 0. The van der Waals surface area contributed by atoms with Crippen LogP contribution in [0.4, 0.5) is 0 Å². The van der Waals surface area contributed by atoms with Crippen molar-refractivity contribution in [2.45, 2.75) is 71.1 Å². The largest absolute Gasteiger partial charge is 0.481 e. The molecule has 0 saturated carbocycles. The van der Waals surface area contributed by atoms with Crippen molar-refractivity contribution in [3.05, 3.63) is 48.6 Å². The second-order valence-corrected chi connectivity index (χ2v) is 5.37. The molecule has 0 fully saturated rings. The molecule has 0 spiro atoms. The number of carbonyl (C=O) groups is 1. The summed E-state index contributed by atoms with van der Waals surface area (Å²) in [5, 5.41) is 8.49. The number of aliphatic carboxylic acids is 1. The predicted octanol–water partition coefficient (Wildman–Crippen LogP) is 6.22. The first-order valence-electron chi connectivity index (χ1n) is 8.59. The quantitative estimate of drug-likeness (QED) is 0.306. The molecule has 0 heterocycles. The number of unbranched alkanes of at least 4 members (excludes halogenated alkanes) is 4. The zero-order valence-electron chi connectivity index (χ0n) is 14.0. The molecule has 0 aliphatic carbocycles. The maximum absolute atomic E-state index is 10.3. The Hall–Kier alpha value is -1.57. The van der Waals surface area contributed by atoms with Crippen LogP contribution >= 0.6 is 0 Å². The summed E-state index contributed by atoms with van der Waals surface area (Å²) in [6.07, 6.45) is 27.3. The van der Waals surface area contributed by atoms with E-state index in [1.54, 1.807) is 0 Å².